The van der Waals surface area contributed by atoms with E-state index in [1.54, 1.807) is 13.2 Å². The van der Waals surface area contributed by atoms with Gasteiger partial charge >= 0.3 is 0 Å². The van der Waals surface area contributed by atoms with Crippen LogP contribution in [0.25, 0.3) is 6.08 Å². The van der Waals surface area contributed by atoms with Crippen molar-refractivity contribution in [1.29, 1.82) is 0 Å². The molecule has 0 fully saturated rings. The van der Waals surface area contributed by atoms with E-state index >= 15 is 0 Å². The molecule has 0 saturated heterocycles. The van der Waals surface area contributed by atoms with Gasteiger partial charge in [0.2, 0.25) is 5.91 Å². The summed E-state index contributed by atoms with van der Waals surface area (Å²) in [5, 5.41) is 13.9. The molecule has 0 bridgehead atoms. The molecule has 1 heterocycles. The van der Waals surface area contributed by atoms with Gasteiger partial charge in [-0.2, -0.15) is 0 Å². The number of carbonyl (C=O) groups excluding carboxylic acids is 1. The average Bonchev–Trinajstić information content (AvgIpc) is 3.16. The van der Waals surface area contributed by atoms with Gasteiger partial charge in [-0.25, -0.2) is 0 Å². The summed E-state index contributed by atoms with van der Waals surface area (Å²) in [6.07, 6.45) is 5.33. The van der Waals surface area contributed by atoms with Crippen LogP contribution in [0.15, 0.2) is 36.4 Å². The Bertz CT molecular complexity index is 1020. The first-order valence-corrected chi connectivity index (χ1v) is 12.2. The number of carbonyl (C=O) groups is 1. The van der Waals surface area contributed by atoms with Crippen molar-refractivity contribution in [3.05, 3.63) is 58.7 Å². The molecule has 0 unspecified atom stereocenters. The van der Waals surface area contributed by atoms with Crippen LogP contribution in [0.1, 0.15) is 70.2 Å². The van der Waals surface area contributed by atoms with Gasteiger partial charge in [-0.15, -0.1) is 0 Å². The molecular weight excluding hydrogens is 424 g/mol. The molecule has 184 valence electrons. The number of ether oxygens (including phenoxy) is 1. The van der Waals surface area contributed by atoms with E-state index in [1.807, 2.05) is 24.3 Å². The quantitative estimate of drug-likeness (QED) is 0.415. The van der Waals surface area contributed by atoms with Crippen molar-refractivity contribution in [2.45, 2.75) is 65.2 Å². The topological polar surface area (TPSA) is 61.8 Å². The molecule has 0 aliphatic carbocycles. The van der Waals surface area contributed by atoms with Crippen molar-refractivity contribution in [3.63, 3.8) is 0 Å². The molecule has 1 aliphatic rings. The zero-order valence-corrected chi connectivity index (χ0v) is 21.8. The highest BCUT2D eigenvalue weighted by Crippen LogP contribution is 2.40. The summed E-state index contributed by atoms with van der Waals surface area (Å²) in [6.45, 7) is 15.1. The van der Waals surface area contributed by atoms with Crippen LogP contribution in [0.4, 0.5) is 5.69 Å². The van der Waals surface area contributed by atoms with Crippen LogP contribution in [0.2, 0.25) is 0 Å². The van der Waals surface area contributed by atoms with Crippen molar-refractivity contribution in [3.8, 4) is 11.5 Å². The summed E-state index contributed by atoms with van der Waals surface area (Å²) >= 11 is 0. The number of nitrogens with one attached hydrogen (secondary N) is 1. The number of hydrogen-bond donors (Lipinski definition) is 2. The smallest absolute Gasteiger partial charge is 0.244 e. The predicted molar refractivity (Wildman–Crippen MR) is 141 cm³/mol. The Hall–Kier alpha value is -2.95. The van der Waals surface area contributed by atoms with Crippen molar-refractivity contribution in [1.82, 2.24) is 5.32 Å². The fourth-order valence-corrected chi connectivity index (χ4v) is 4.41. The van der Waals surface area contributed by atoms with Gasteiger partial charge in [0, 0.05) is 42.5 Å². The molecule has 34 heavy (non-hydrogen) atoms. The zero-order chi connectivity index (χ0) is 25.1. The molecule has 1 amide bonds. The second-order valence-electron chi connectivity index (χ2n) is 11.2. The third-order valence-corrected chi connectivity index (χ3v) is 6.36. The van der Waals surface area contributed by atoms with E-state index in [0.29, 0.717) is 12.3 Å². The summed E-state index contributed by atoms with van der Waals surface area (Å²) in [5.74, 6) is 1.15. The molecule has 0 aromatic heterocycles. The molecule has 5 heteroatoms. The molecule has 2 N–H and O–H groups in total. The number of hydrogen-bond acceptors (Lipinski definition) is 4. The van der Waals surface area contributed by atoms with Crippen LogP contribution in [0.3, 0.4) is 0 Å². The second kappa shape index (κ2) is 10.1. The maximum absolute atomic E-state index is 12.4. The lowest BCUT2D eigenvalue weighted by atomic mass is 9.78. The number of amides is 1. The summed E-state index contributed by atoms with van der Waals surface area (Å²) in [4.78, 5) is 14.8. The summed E-state index contributed by atoms with van der Waals surface area (Å²) < 4.78 is 5.32. The lowest BCUT2D eigenvalue weighted by molar-refractivity contribution is -0.116. The third-order valence-electron chi connectivity index (χ3n) is 6.36. The first-order chi connectivity index (χ1) is 15.9. The van der Waals surface area contributed by atoms with Gasteiger partial charge in [-0.05, 0) is 71.2 Å². The van der Waals surface area contributed by atoms with Gasteiger partial charge < -0.3 is 20.1 Å². The zero-order valence-electron chi connectivity index (χ0n) is 21.8. The van der Waals surface area contributed by atoms with Gasteiger partial charge in [0.15, 0.2) is 0 Å². The molecular formula is C29H40N2O3. The molecule has 0 saturated carbocycles. The molecule has 0 radical (unpaired) electrons. The van der Waals surface area contributed by atoms with Gasteiger partial charge in [-0.3, -0.25) is 4.79 Å². The van der Waals surface area contributed by atoms with Crippen LogP contribution in [0.5, 0.6) is 11.5 Å². The van der Waals surface area contributed by atoms with Crippen molar-refractivity contribution in [2.24, 2.45) is 0 Å². The highest BCUT2D eigenvalue weighted by molar-refractivity contribution is 5.91. The molecule has 2 aromatic carbocycles. The number of methoxy groups -OCH3 is 1. The normalized spacial score (nSPS) is 13.9. The van der Waals surface area contributed by atoms with Crippen LogP contribution in [-0.2, 0) is 22.0 Å². The maximum Gasteiger partial charge on any atom is 0.244 e. The van der Waals surface area contributed by atoms with E-state index < -0.39 is 0 Å². The molecule has 1 aliphatic heterocycles. The fraction of sp³-hybridized carbons (Fsp3) is 0.483. The van der Waals surface area contributed by atoms with Gasteiger partial charge in [-0.1, -0.05) is 41.5 Å². The van der Waals surface area contributed by atoms with E-state index in [-0.39, 0.29) is 16.7 Å². The average molecular weight is 465 g/mol. The minimum Gasteiger partial charge on any atom is -0.507 e. The van der Waals surface area contributed by atoms with Crippen LogP contribution < -0.4 is 15.0 Å². The number of benzene rings is 2. The van der Waals surface area contributed by atoms with E-state index in [9.17, 15) is 9.90 Å². The predicted octanol–water partition coefficient (Wildman–Crippen LogP) is 5.58. The first kappa shape index (κ1) is 25.7. The minimum atomic E-state index is -0.199. The highest BCUT2D eigenvalue weighted by Gasteiger charge is 2.26. The third kappa shape index (κ3) is 6.13. The lowest BCUT2D eigenvalue weighted by Gasteiger charge is -2.27. The first-order valence-electron chi connectivity index (χ1n) is 12.2. The van der Waals surface area contributed by atoms with Crippen molar-refractivity contribution < 1.29 is 14.6 Å². The Morgan fingerprint density at radius 1 is 1.09 bits per heavy atom. The SMILES string of the molecule is COc1ccc2c(c1)CCN2CCCNC(=O)/C=C/c1cc(C(C)(C)C)c(O)c(C(C)(C)C)c1. The number of nitrogens with zero attached hydrogens (tertiary/aromatic N) is 1. The van der Waals surface area contributed by atoms with E-state index in [2.05, 4.69) is 63.9 Å². The Balaban J connectivity index is 1.58. The second-order valence-corrected chi connectivity index (χ2v) is 11.2. The summed E-state index contributed by atoms with van der Waals surface area (Å²) in [5.41, 5.74) is 4.90. The number of anilines is 1. The number of phenolic OH excluding ortho intramolecular Hbond substituents is 1. The Morgan fingerprint density at radius 2 is 1.74 bits per heavy atom. The fourth-order valence-electron chi connectivity index (χ4n) is 4.41. The Kier molecular flexibility index (Phi) is 7.64. The largest absolute Gasteiger partial charge is 0.507 e. The molecule has 0 atom stereocenters. The molecule has 2 aromatic rings. The van der Waals surface area contributed by atoms with E-state index in [4.69, 9.17) is 4.74 Å². The van der Waals surface area contributed by atoms with Crippen LogP contribution in [0, 0.1) is 0 Å². The van der Waals surface area contributed by atoms with Crippen molar-refractivity contribution >= 4 is 17.7 Å². The van der Waals surface area contributed by atoms with Crippen LogP contribution in [-0.4, -0.2) is 37.8 Å². The summed E-state index contributed by atoms with van der Waals surface area (Å²) in [6, 6.07) is 10.2. The summed E-state index contributed by atoms with van der Waals surface area (Å²) in [7, 11) is 1.69. The minimum absolute atomic E-state index is 0.103. The Morgan fingerprint density at radius 3 is 2.32 bits per heavy atom. The van der Waals surface area contributed by atoms with E-state index in [1.165, 1.54) is 11.3 Å². The molecule has 0 spiro atoms. The number of phenols is 1. The standard InChI is InChI=1S/C29H40N2O3/c1-28(2,3)23-17-20(18-24(27(23)33)29(4,5)6)9-12-26(32)30-14-8-15-31-16-13-21-19-22(34-7)10-11-25(21)31/h9-12,17-19,33H,8,13-16H2,1-7H3,(H,30,32)/b12-9+. The van der Waals surface area contributed by atoms with Gasteiger partial charge in [0.25, 0.3) is 0 Å². The van der Waals surface area contributed by atoms with Crippen LogP contribution >= 0.6 is 0 Å². The van der Waals surface area contributed by atoms with E-state index in [0.717, 1.165) is 48.4 Å². The highest BCUT2D eigenvalue weighted by atomic mass is 16.5. The van der Waals surface area contributed by atoms with Crippen molar-refractivity contribution in [2.75, 3.05) is 31.6 Å². The van der Waals surface area contributed by atoms with Gasteiger partial charge in [0.1, 0.15) is 11.5 Å². The molecule has 5 nitrogen and oxygen atoms in total. The number of aromatic hydroxyl groups is 1. The molecule has 3 rings (SSSR count). The Labute approximate surface area is 204 Å². The maximum atomic E-state index is 12.4. The monoisotopic (exact) mass is 464 g/mol. The van der Waals surface area contributed by atoms with Gasteiger partial charge in [0.05, 0.1) is 7.11 Å². The number of fused-ring (bicyclic) bond motifs is 1. The lowest BCUT2D eigenvalue weighted by Crippen LogP contribution is -2.28. The number of rotatable bonds is 7.